The van der Waals surface area contributed by atoms with Crippen LogP contribution in [0.2, 0.25) is 0 Å². The Kier molecular flexibility index (Phi) is 5.16. The molecule has 0 aliphatic heterocycles. The van der Waals surface area contributed by atoms with Gasteiger partial charge in [-0.05, 0) is 27.7 Å². The summed E-state index contributed by atoms with van der Waals surface area (Å²) in [6.07, 6.45) is 0. The van der Waals surface area contributed by atoms with Crippen LogP contribution >= 0.6 is 0 Å². The second-order valence-electron chi connectivity index (χ2n) is 5.30. The van der Waals surface area contributed by atoms with Gasteiger partial charge in [0.1, 0.15) is 16.8 Å². The van der Waals surface area contributed by atoms with Crippen molar-refractivity contribution in [2.24, 2.45) is 4.40 Å². The Morgan fingerprint density at radius 2 is 2.00 bits per heavy atom. The highest BCUT2D eigenvalue weighted by Crippen LogP contribution is 2.30. The van der Waals surface area contributed by atoms with E-state index in [0.29, 0.717) is 0 Å². The molecule has 0 N–H and O–H groups in total. The minimum atomic E-state index is -1.58. The van der Waals surface area contributed by atoms with Crippen LogP contribution in [0.1, 0.15) is 33.3 Å². The van der Waals surface area contributed by atoms with Crippen molar-refractivity contribution in [2.75, 3.05) is 7.11 Å². The van der Waals surface area contributed by atoms with Crippen molar-refractivity contribution in [2.45, 2.75) is 32.4 Å². The van der Waals surface area contributed by atoms with Gasteiger partial charge in [0, 0.05) is 17.7 Å². The summed E-state index contributed by atoms with van der Waals surface area (Å²) in [5, 5.41) is 11.0. The Balaban J connectivity index is 3.37. The fraction of sp³-hybridized carbons (Fsp3) is 0.462. The summed E-state index contributed by atoms with van der Waals surface area (Å²) >= 11 is 0. The van der Waals surface area contributed by atoms with E-state index in [1.807, 2.05) is 0 Å². The highest BCUT2D eigenvalue weighted by atomic mass is 32.2. The van der Waals surface area contributed by atoms with E-state index in [4.69, 9.17) is 4.74 Å². The average Bonchev–Trinajstić information content (AvgIpc) is 2.36. The Morgan fingerprint density at radius 3 is 2.43 bits per heavy atom. The third-order valence-corrected chi connectivity index (χ3v) is 4.09. The molecule has 0 saturated carbocycles. The van der Waals surface area contributed by atoms with Crippen molar-refractivity contribution in [3.63, 3.8) is 0 Å². The highest BCUT2D eigenvalue weighted by Gasteiger charge is 2.23. The number of hydrogen-bond acceptors (Lipinski definition) is 4. The maximum atomic E-state index is 14.0. The fourth-order valence-electron chi connectivity index (χ4n) is 1.44. The monoisotopic (exact) mass is 316 g/mol. The van der Waals surface area contributed by atoms with E-state index in [-0.39, 0.29) is 22.7 Å². The standard InChI is InChI=1S/C13H17FN2O4S/c1-8(15-21(19)13(2,3)4)9-6-11(16(17)18)12(20-5)7-10(9)14/h6-7H,1-5H3/t21-/m1/s1. The molecule has 1 rings (SSSR count). The zero-order valence-electron chi connectivity index (χ0n) is 12.5. The number of methoxy groups -OCH3 is 1. The topological polar surface area (TPSA) is 81.8 Å². The van der Waals surface area contributed by atoms with Crippen molar-refractivity contribution < 1.29 is 18.3 Å². The van der Waals surface area contributed by atoms with E-state index >= 15 is 0 Å². The minimum absolute atomic E-state index is 0.0694. The molecule has 0 aliphatic rings. The normalized spacial score (nSPS) is 13.9. The minimum Gasteiger partial charge on any atom is -0.490 e. The molecule has 116 valence electrons. The van der Waals surface area contributed by atoms with Crippen molar-refractivity contribution in [3.05, 3.63) is 33.6 Å². The molecule has 0 bridgehead atoms. The Bertz CT molecular complexity index is 623. The first-order chi connectivity index (χ1) is 9.57. The van der Waals surface area contributed by atoms with Crippen LogP contribution in [0.3, 0.4) is 0 Å². The van der Waals surface area contributed by atoms with Crippen LogP contribution in [0.4, 0.5) is 10.1 Å². The molecule has 8 heteroatoms. The molecule has 0 amide bonds. The molecule has 0 aromatic heterocycles. The Morgan fingerprint density at radius 1 is 1.43 bits per heavy atom. The lowest BCUT2D eigenvalue weighted by molar-refractivity contribution is -0.385. The SMILES string of the molecule is COc1cc(F)c(C(C)=N[S@](=O)C(C)(C)C)cc1[N+](=O)[O-]. The maximum Gasteiger partial charge on any atom is 0.311 e. The Labute approximate surface area is 124 Å². The molecule has 0 heterocycles. The zero-order chi connectivity index (χ0) is 16.4. The quantitative estimate of drug-likeness (QED) is 0.486. The largest absolute Gasteiger partial charge is 0.490 e. The van der Waals surface area contributed by atoms with Crippen molar-refractivity contribution in [1.29, 1.82) is 0 Å². The molecule has 6 nitrogen and oxygen atoms in total. The van der Waals surface area contributed by atoms with E-state index < -0.39 is 26.5 Å². The number of nitrogens with zero attached hydrogens (tertiary/aromatic N) is 2. The van der Waals surface area contributed by atoms with Gasteiger partial charge in [-0.2, -0.15) is 4.40 Å². The van der Waals surface area contributed by atoms with Gasteiger partial charge in [0.25, 0.3) is 0 Å². The second-order valence-corrected chi connectivity index (χ2v) is 7.20. The molecule has 0 unspecified atom stereocenters. The van der Waals surface area contributed by atoms with Crippen molar-refractivity contribution in [3.8, 4) is 5.75 Å². The second kappa shape index (κ2) is 6.30. The molecular weight excluding hydrogens is 299 g/mol. The predicted molar refractivity (Wildman–Crippen MR) is 79.7 cm³/mol. The van der Waals surface area contributed by atoms with Crippen LogP contribution in [0.25, 0.3) is 0 Å². The first-order valence-electron chi connectivity index (χ1n) is 6.07. The van der Waals surface area contributed by atoms with E-state index in [2.05, 4.69) is 4.40 Å². The smallest absolute Gasteiger partial charge is 0.311 e. The van der Waals surface area contributed by atoms with Gasteiger partial charge in [-0.1, -0.05) is 0 Å². The molecule has 21 heavy (non-hydrogen) atoms. The number of ether oxygens (including phenoxy) is 1. The van der Waals surface area contributed by atoms with Crippen LogP contribution in [0.5, 0.6) is 5.75 Å². The summed E-state index contributed by atoms with van der Waals surface area (Å²) in [5.41, 5.74) is -0.309. The first kappa shape index (κ1) is 17.2. The van der Waals surface area contributed by atoms with Crippen LogP contribution in [-0.2, 0) is 11.0 Å². The number of nitro groups is 1. The summed E-state index contributed by atoms with van der Waals surface area (Å²) in [6, 6.07) is 1.96. The molecule has 1 aromatic rings. The lowest BCUT2D eigenvalue weighted by Gasteiger charge is -2.14. The predicted octanol–water partition coefficient (Wildman–Crippen LogP) is 3.01. The van der Waals surface area contributed by atoms with Gasteiger partial charge >= 0.3 is 5.69 Å². The molecule has 1 atom stereocenters. The van der Waals surface area contributed by atoms with Gasteiger partial charge in [-0.15, -0.1) is 0 Å². The number of benzene rings is 1. The number of hydrogen-bond donors (Lipinski definition) is 0. The first-order valence-corrected chi connectivity index (χ1v) is 7.18. The molecular formula is C13H17FN2O4S. The third kappa shape index (κ3) is 4.07. The molecule has 0 aliphatic carbocycles. The molecule has 0 saturated heterocycles. The number of rotatable bonds is 4. The van der Waals surface area contributed by atoms with E-state index in [1.165, 1.54) is 14.0 Å². The van der Waals surface area contributed by atoms with E-state index in [0.717, 1.165) is 12.1 Å². The summed E-state index contributed by atoms with van der Waals surface area (Å²) in [6.45, 7) is 6.64. The van der Waals surface area contributed by atoms with E-state index in [1.54, 1.807) is 20.8 Å². The van der Waals surface area contributed by atoms with Crippen LogP contribution in [0.15, 0.2) is 16.5 Å². The van der Waals surface area contributed by atoms with Gasteiger partial charge in [-0.3, -0.25) is 10.1 Å². The lowest BCUT2D eigenvalue weighted by Crippen LogP contribution is -2.21. The average molecular weight is 316 g/mol. The van der Waals surface area contributed by atoms with Gasteiger partial charge in [0.2, 0.25) is 0 Å². The van der Waals surface area contributed by atoms with Crippen LogP contribution in [0, 0.1) is 15.9 Å². The molecule has 0 spiro atoms. The van der Waals surface area contributed by atoms with Gasteiger partial charge in [0.05, 0.1) is 22.5 Å². The van der Waals surface area contributed by atoms with Gasteiger partial charge < -0.3 is 4.74 Å². The van der Waals surface area contributed by atoms with Crippen molar-refractivity contribution in [1.82, 2.24) is 0 Å². The van der Waals surface area contributed by atoms with Gasteiger partial charge in [-0.25, -0.2) is 8.60 Å². The molecule has 0 radical (unpaired) electrons. The lowest BCUT2D eigenvalue weighted by atomic mass is 10.1. The fourth-order valence-corrected chi connectivity index (χ4v) is 2.06. The third-order valence-electron chi connectivity index (χ3n) is 2.60. The molecule has 0 fully saturated rings. The summed E-state index contributed by atoms with van der Waals surface area (Å²) in [5.74, 6) is -0.893. The van der Waals surface area contributed by atoms with E-state index in [9.17, 15) is 18.7 Å². The van der Waals surface area contributed by atoms with Crippen molar-refractivity contribution >= 4 is 22.4 Å². The summed E-state index contributed by atoms with van der Waals surface area (Å²) in [7, 11) is -0.361. The summed E-state index contributed by atoms with van der Waals surface area (Å²) in [4.78, 5) is 10.3. The van der Waals surface area contributed by atoms with Gasteiger partial charge in [0.15, 0.2) is 5.75 Å². The Hall–Kier alpha value is -1.83. The zero-order valence-corrected chi connectivity index (χ0v) is 13.3. The number of nitro benzene ring substituents is 1. The van der Waals surface area contributed by atoms with Crippen LogP contribution < -0.4 is 4.74 Å². The highest BCUT2D eigenvalue weighted by molar-refractivity contribution is 7.85. The van der Waals surface area contributed by atoms with Crippen LogP contribution in [-0.4, -0.2) is 26.7 Å². The summed E-state index contributed by atoms with van der Waals surface area (Å²) < 4.78 is 34.0. The molecule has 1 aromatic carbocycles. The maximum absolute atomic E-state index is 14.0. The number of halogens is 1.